The van der Waals surface area contributed by atoms with Crippen molar-refractivity contribution in [2.24, 2.45) is 0 Å². The molecule has 0 bridgehead atoms. The Bertz CT molecular complexity index is 895. The van der Waals surface area contributed by atoms with Gasteiger partial charge in [0.25, 0.3) is 0 Å². The molecule has 1 fully saturated rings. The van der Waals surface area contributed by atoms with Crippen molar-refractivity contribution in [3.05, 3.63) is 64.7 Å². The predicted molar refractivity (Wildman–Crippen MR) is 133 cm³/mol. The van der Waals surface area contributed by atoms with Crippen LogP contribution in [0.1, 0.15) is 55.7 Å². The second-order valence-corrected chi connectivity index (χ2v) is 9.17. The Morgan fingerprint density at radius 2 is 1.67 bits per heavy atom. The number of carbonyl (C=O) groups is 2. The molecule has 1 N–H and O–H groups in total. The highest BCUT2D eigenvalue weighted by Gasteiger charge is 2.32. The average molecular weight is 491 g/mol. The van der Waals surface area contributed by atoms with E-state index in [1.54, 1.807) is 12.0 Å². The summed E-state index contributed by atoms with van der Waals surface area (Å²) in [5.41, 5.74) is 1.76. The van der Waals surface area contributed by atoms with E-state index in [-0.39, 0.29) is 23.7 Å². The number of ether oxygens (including phenoxy) is 1. The summed E-state index contributed by atoms with van der Waals surface area (Å²) in [5.74, 6) is 0.0615. The Kier molecular flexibility index (Phi) is 9.89. The van der Waals surface area contributed by atoms with E-state index >= 15 is 0 Å². The lowest BCUT2D eigenvalue weighted by molar-refractivity contribution is -0.139. The summed E-state index contributed by atoms with van der Waals surface area (Å²) in [6, 6.07) is 14.2. The second kappa shape index (κ2) is 12.9. The fourth-order valence-corrected chi connectivity index (χ4v) is 4.62. The number of nitrogens with zero attached hydrogens (tertiary/aromatic N) is 1. The number of benzene rings is 2. The molecule has 33 heavy (non-hydrogen) atoms. The van der Waals surface area contributed by atoms with Crippen LogP contribution in [-0.2, 0) is 16.0 Å². The summed E-state index contributed by atoms with van der Waals surface area (Å²) in [4.78, 5) is 28.1. The largest absolute Gasteiger partial charge is 0.497 e. The third kappa shape index (κ3) is 7.38. The molecule has 1 saturated carbocycles. The smallest absolute Gasteiger partial charge is 0.247 e. The van der Waals surface area contributed by atoms with Gasteiger partial charge in [0.1, 0.15) is 17.7 Å². The molecule has 0 aromatic heterocycles. The van der Waals surface area contributed by atoms with Crippen molar-refractivity contribution in [3.8, 4) is 5.75 Å². The molecule has 1 atom stereocenters. The molecule has 178 valence electrons. The van der Waals surface area contributed by atoms with Gasteiger partial charge in [-0.2, -0.15) is 0 Å². The monoisotopic (exact) mass is 490 g/mol. The van der Waals surface area contributed by atoms with Crippen molar-refractivity contribution in [1.82, 2.24) is 10.2 Å². The third-order valence-corrected chi connectivity index (χ3v) is 6.66. The number of carbonyl (C=O) groups excluding carboxylic acids is 2. The lowest BCUT2D eigenvalue weighted by Crippen LogP contribution is -2.47. The van der Waals surface area contributed by atoms with Gasteiger partial charge in [0.15, 0.2) is 0 Å². The van der Waals surface area contributed by atoms with E-state index in [1.165, 1.54) is 12.8 Å². The molecule has 0 spiro atoms. The van der Waals surface area contributed by atoms with Gasteiger partial charge in [-0.15, -0.1) is 11.6 Å². The quantitative estimate of drug-likeness (QED) is 0.370. The molecule has 7 heteroatoms. The van der Waals surface area contributed by atoms with E-state index in [9.17, 15) is 9.59 Å². The van der Waals surface area contributed by atoms with Crippen molar-refractivity contribution in [1.29, 1.82) is 0 Å². The van der Waals surface area contributed by atoms with E-state index in [1.807, 2.05) is 48.5 Å². The van der Waals surface area contributed by atoms with Crippen molar-refractivity contribution < 1.29 is 14.3 Å². The normalized spacial score (nSPS) is 15.4. The number of amides is 2. The van der Waals surface area contributed by atoms with Gasteiger partial charge < -0.3 is 15.0 Å². The standard InChI is InChI=1S/C26H32Cl2N2O3/c1-33-23-14-10-20(11-15-23)25(26(32)29-22-6-4-2-3-5-7-22)30(24(31)18-27)17-16-19-8-12-21(28)13-9-19/h8-15,22,25H,2-7,16-18H2,1H3,(H,29,32)/t25-/m1/s1. The Labute approximate surface area is 206 Å². The van der Waals surface area contributed by atoms with Crippen LogP contribution >= 0.6 is 23.2 Å². The van der Waals surface area contributed by atoms with E-state index in [0.29, 0.717) is 23.7 Å². The lowest BCUT2D eigenvalue weighted by atomic mass is 10.0. The van der Waals surface area contributed by atoms with E-state index in [0.717, 1.165) is 36.8 Å². The van der Waals surface area contributed by atoms with Crippen LogP contribution in [0.3, 0.4) is 0 Å². The summed E-state index contributed by atoms with van der Waals surface area (Å²) in [6.45, 7) is 0.363. The predicted octanol–water partition coefficient (Wildman–Crippen LogP) is 5.54. The summed E-state index contributed by atoms with van der Waals surface area (Å²) in [7, 11) is 1.60. The van der Waals surface area contributed by atoms with Crippen LogP contribution < -0.4 is 10.1 Å². The number of rotatable bonds is 9. The van der Waals surface area contributed by atoms with Gasteiger partial charge in [-0.3, -0.25) is 9.59 Å². The zero-order valence-electron chi connectivity index (χ0n) is 19.1. The first kappa shape index (κ1) is 25.4. The molecule has 2 aromatic rings. The lowest BCUT2D eigenvalue weighted by Gasteiger charge is -2.32. The molecular weight excluding hydrogens is 459 g/mol. The van der Waals surface area contributed by atoms with Crippen LogP contribution in [0, 0.1) is 0 Å². The topological polar surface area (TPSA) is 58.6 Å². The fraction of sp³-hybridized carbons (Fsp3) is 0.462. The molecule has 3 rings (SSSR count). The van der Waals surface area contributed by atoms with Crippen LogP contribution in [0.5, 0.6) is 5.75 Å². The SMILES string of the molecule is COc1ccc([C@H](C(=O)NC2CCCCCC2)N(CCc2ccc(Cl)cc2)C(=O)CCl)cc1. The maximum atomic E-state index is 13.6. The molecule has 2 aromatic carbocycles. The molecular formula is C26H32Cl2N2O3. The molecule has 0 heterocycles. The molecule has 0 aliphatic heterocycles. The maximum Gasteiger partial charge on any atom is 0.247 e. The zero-order chi connectivity index (χ0) is 23.6. The van der Waals surface area contributed by atoms with E-state index < -0.39 is 6.04 Å². The number of halogens is 2. The molecule has 2 amide bonds. The first-order chi connectivity index (χ1) is 16.0. The molecule has 0 unspecified atom stereocenters. The van der Waals surface area contributed by atoms with Crippen LogP contribution in [0.15, 0.2) is 48.5 Å². The molecule has 1 aliphatic rings. The first-order valence-corrected chi connectivity index (χ1v) is 12.5. The van der Waals surface area contributed by atoms with Gasteiger partial charge in [-0.05, 0) is 54.7 Å². The fourth-order valence-electron chi connectivity index (χ4n) is 4.34. The minimum atomic E-state index is -0.766. The van der Waals surface area contributed by atoms with Gasteiger partial charge in [0.05, 0.1) is 7.11 Å². The van der Waals surface area contributed by atoms with Crippen LogP contribution in [-0.4, -0.2) is 42.3 Å². The number of alkyl halides is 1. The third-order valence-electron chi connectivity index (χ3n) is 6.18. The molecule has 1 aliphatic carbocycles. The maximum absolute atomic E-state index is 13.6. The van der Waals surface area contributed by atoms with Crippen molar-refractivity contribution >= 4 is 35.0 Å². The number of nitrogens with one attached hydrogen (secondary N) is 1. The highest BCUT2D eigenvalue weighted by molar-refractivity contribution is 6.30. The summed E-state index contributed by atoms with van der Waals surface area (Å²) < 4.78 is 5.28. The van der Waals surface area contributed by atoms with Gasteiger partial charge in [0, 0.05) is 17.6 Å². The molecule has 0 saturated heterocycles. The number of hydrogen-bond donors (Lipinski definition) is 1. The minimum absolute atomic E-state index is 0.130. The minimum Gasteiger partial charge on any atom is -0.497 e. The highest BCUT2D eigenvalue weighted by atomic mass is 35.5. The van der Waals surface area contributed by atoms with E-state index in [2.05, 4.69) is 5.32 Å². The average Bonchev–Trinajstić information content (AvgIpc) is 3.11. The van der Waals surface area contributed by atoms with Crippen molar-refractivity contribution in [3.63, 3.8) is 0 Å². The summed E-state index contributed by atoms with van der Waals surface area (Å²) in [6.07, 6.45) is 7.14. The van der Waals surface area contributed by atoms with Crippen molar-refractivity contribution in [2.45, 2.75) is 57.0 Å². The Balaban J connectivity index is 1.87. The number of methoxy groups -OCH3 is 1. The summed E-state index contributed by atoms with van der Waals surface area (Å²) >= 11 is 12.0. The van der Waals surface area contributed by atoms with Crippen molar-refractivity contribution in [2.75, 3.05) is 19.5 Å². The highest BCUT2D eigenvalue weighted by Crippen LogP contribution is 2.26. The van der Waals surface area contributed by atoms with Gasteiger partial charge in [-0.1, -0.05) is 61.5 Å². The summed E-state index contributed by atoms with van der Waals surface area (Å²) in [5, 5.41) is 3.89. The van der Waals surface area contributed by atoms with Gasteiger partial charge in [-0.25, -0.2) is 0 Å². The van der Waals surface area contributed by atoms with E-state index in [4.69, 9.17) is 27.9 Å². The number of hydrogen-bond acceptors (Lipinski definition) is 3. The zero-order valence-corrected chi connectivity index (χ0v) is 20.6. The Hall–Kier alpha value is -2.24. The molecule has 0 radical (unpaired) electrons. The van der Waals surface area contributed by atoms with Gasteiger partial charge in [0.2, 0.25) is 11.8 Å². The van der Waals surface area contributed by atoms with Crippen LogP contribution in [0.2, 0.25) is 5.02 Å². The second-order valence-electron chi connectivity index (χ2n) is 8.47. The first-order valence-electron chi connectivity index (χ1n) is 11.6. The van der Waals surface area contributed by atoms with Crippen LogP contribution in [0.25, 0.3) is 0 Å². The Morgan fingerprint density at radius 3 is 2.24 bits per heavy atom. The Morgan fingerprint density at radius 1 is 1.03 bits per heavy atom. The van der Waals surface area contributed by atoms with Gasteiger partial charge >= 0.3 is 0 Å². The molecule has 5 nitrogen and oxygen atoms in total. The van der Waals surface area contributed by atoms with Crippen LogP contribution in [0.4, 0.5) is 0 Å².